The maximum Gasteiger partial charge on any atom is 1.00 e. The van der Waals surface area contributed by atoms with Crippen molar-refractivity contribution in [2.24, 2.45) is 0 Å². The van der Waals surface area contributed by atoms with E-state index in [2.05, 4.69) is 5.32 Å². The van der Waals surface area contributed by atoms with Crippen LogP contribution in [0.2, 0.25) is 0 Å². The number of carbonyl (C=O) groups excluding carboxylic acids is 4. The van der Waals surface area contributed by atoms with Crippen LogP contribution >= 0.6 is 0 Å². The van der Waals surface area contributed by atoms with Gasteiger partial charge in [-0.15, -0.1) is 6.54 Å². The molecule has 0 radical (unpaired) electrons. The van der Waals surface area contributed by atoms with Crippen LogP contribution in [0.25, 0.3) is 5.32 Å². The summed E-state index contributed by atoms with van der Waals surface area (Å²) in [5, 5.41) is 3.92. The third-order valence-electron chi connectivity index (χ3n) is 3.93. The van der Waals surface area contributed by atoms with Gasteiger partial charge in [-0.3, -0.25) is 19.3 Å². The van der Waals surface area contributed by atoms with Crippen LogP contribution in [0.4, 0.5) is 0 Å². The van der Waals surface area contributed by atoms with Crippen molar-refractivity contribution in [2.75, 3.05) is 26.4 Å². The van der Waals surface area contributed by atoms with E-state index in [1.807, 2.05) is 0 Å². The first-order chi connectivity index (χ1) is 13.0. The normalized spacial score (nSPS) is 12.6. The van der Waals surface area contributed by atoms with Crippen LogP contribution in [0.1, 0.15) is 30.9 Å². The van der Waals surface area contributed by atoms with Crippen LogP contribution in [-0.2, 0) is 41.6 Å². The Morgan fingerprint density at radius 2 is 1.79 bits per heavy atom. The molecule has 1 saturated heterocycles. The molecular weight excluding hydrogens is 438 g/mol. The number of ether oxygens (including phenoxy) is 2. The third kappa shape index (κ3) is 9.04. The number of hydrogen-bond acceptors (Lipinski definition) is 6. The Kier molecular flexibility index (Phi) is 11.9. The van der Waals surface area contributed by atoms with Crippen molar-refractivity contribution in [2.45, 2.75) is 32.7 Å². The SMILES string of the molecule is CC(=O)OCCCOCC(=O)[N-]Cc1ccc(CC(=O)N2CCC2=O)cc1.[Rb+]. The maximum absolute atomic E-state index is 11.9. The predicted octanol–water partition coefficient (Wildman–Crippen LogP) is -1.64. The van der Waals surface area contributed by atoms with Gasteiger partial charge in [0.25, 0.3) is 0 Å². The standard InChI is InChI=1S/C19H24N2O6.Rb/c1-14(22)27-10-2-9-26-13-17(23)20-12-16-5-3-15(4-6-16)11-19(25)21-8-7-18(21)24;/h3-6H,2,7-13H2,1H3,(H,20,23);/q;+1/p-1. The molecule has 0 atom stereocenters. The summed E-state index contributed by atoms with van der Waals surface area (Å²) in [6.45, 7) is 2.53. The number of benzene rings is 1. The number of amides is 3. The van der Waals surface area contributed by atoms with Crippen LogP contribution in [-0.4, -0.2) is 55.0 Å². The predicted molar refractivity (Wildman–Crippen MR) is 95.6 cm³/mol. The quantitative estimate of drug-likeness (QED) is 0.236. The molecule has 1 aliphatic heterocycles. The average Bonchev–Trinajstić information content (AvgIpc) is 2.62. The van der Waals surface area contributed by atoms with E-state index in [0.29, 0.717) is 26.0 Å². The monoisotopic (exact) mass is 460 g/mol. The van der Waals surface area contributed by atoms with Gasteiger partial charge in [-0.2, -0.15) is 0 Å². The summed E-state index contributed by atoms with van der Waals surface area (Å²) >= 11 is 0. The van der Waals surface area contributed by atoms with Gasteiger partial charge in [0.2, 0.25) is 11.8 Å². The summed E-state index contributed by atoms with van der Waals surface area (Å²) in [4.78, 5) is 46.6. The van der Waals surface area contributed by atoms with E-state index in [1.54, 1.807) is 24.3 Å². The fourth-order valence-corrected chi connectivity index (χ4v) is 2.37. The van der Waals surface area contributed by atoms with Gasteiger partial charge in [-0.25, -0.2) is 0 Å². The number of esters is 1. The molecular formula is C19H23N2O6Rb. The molecule has 28 heavy (non-hydrogen) atoms. The molecule has 0 saturated carbocycles. The molecule has 0 N–H and O–H groups in total. The van der Waals surface area contributed by atoms with Crippen LogP contribution in [0.15, 0.2) is 24.3 Å². The van der Waals surface area contributed by atoms with Gasteiger partial charge in [0.15, 0.2) is 0 Å². The molecule has 0 unspecified atom stereocenters. The van der Waals surface area contributed by atoms with Crippen molar-refractivity contribution in [3.05, 3.63) is 40.7 Å². The average molecular weight is 461 g/mol. The van der Waals surface area contributed by atoms with E-state index in [1.165, 1.54) is 11.8 Å². The van der Waals surface area contributed by atoms with E-state index in [-0.39, 0.29) is 108 Å². The summed E-state index contributed by atoms with van der Waals surface area (Å²) in [6.07, 6.45) is 1.15. The van der Waals surface area contributed by atoms with E-state index >= 15 is 0 Å². The number of hydrogen-bond donors (Lipinski definition) is 0. The molecule has 8 nitrogen and oxygen atoms in total. The Labute approximate surface area is 213 Å². The first-order valence-electron chi connectivity index (χ1n) is 8.78. The fourth-order valence-electron chi connectivity index (χ4n) is 2.37. The van der Waals surface area contributed by atoms with Gasteiger partial charge in [-0.05, 0) is 5.56 Å². The van der Waals surface area contributed by atoms with Gasteiger partial charge in [0.1, 0.15) is 0 Å². The molecule has 0 aliphatic carbocycles. The van der Waals surface area contributed by atoms with Crippen molar-refractivity contribution in [1.82, 2.24) is 4.90 Å². The summed E-state index contributed by atoms with van der Waals surface area (Å²) in [6, 6.07) is 7.20. The molecule has 0 aromatic heterocycles. The summed E-state index contributed by atoms with van der Waals surface area (Å²) in [5.41, 5.74) is 1.65. The number of carbonyl (C=O) groups is 4. The van der Waals surface area contributed by atoms with Gasteiger partial charge < -0.3 is 19.6 Å². The van der Waals surface area contributed by atoms with Crippen LogP contribution in [0.5, 0.6) is 0 Å². The smallest absolute Gasteiger partial charge is 0.648 e. The van der Waals surface area contributed by atoms with Crippen LogP contribution in [0.3, 0.4) is 0 Å². The second kappa shape index (κ2) is 13.3. The van der Waals surface area contributed by atoms with Gasteiger partial charge >= 0.3 is 64.2 Å². The van der Waals surface area contributed by atoms with Crippen molar-refractivity contribution >= 4 is 23.7 Å². The summed E-state index contributed by atoms with van der Waals surface area (Å²) in [5.74, 6) is -1.02. The first kappa shape index (κ1) is 25.1. The Morgan fingerprint density at radius 1 is 1.11 bits per heavy atom. The van der Waals surface area contributed by atoms with Gasteiger partial charge in [0, 0.05) is 26.3 Å². The largest absolute Gasteiger partial charge is 1.00 e. The molecule has 1 aromatic rings. The number of likely N-dealkylation sites (tertiary alicyclic amines) is 1. The second-order valence-corrected chi connectivity index (χ2v) is 6.14. The van der Waals surface area contributed by atoms with Crippen molar-refractivity contribution < 1.29 is 86.8 Å². The third-order valence-corrected chi connectivity index (χ3v) is 3.93. The van der Waals surface area contributed by atoms with Crippen molar-refractivity contribution in [3.8, 4) is 0 Å². The molecule has 3 amide bonds. The molecule has 2 rings (SSSR count). The molecule has 1 aromatic carbocycles. The van der Waals surface area contributed by atoms with Gasteiger partial charge in [0.05, 0.1) is 32.1 Å². The fraction of sp³-hybridized carbons (Fsp3) is 0.474. The zero-order chi connectivity index (χ0) is 19.6. The zero-order valence-corrected chi connectivity index (χ0v) is 21.2. The number of β-lactam (4-membered cyclic amide) rings is 1. The Hall–Kier alpha value is -0.935. The summed E-state index contributed by atoms with van der Waals surface area (Å²) in [7, 11) is 0. The number of nitrogens with zero attached hydrogens (tertiary/aromatic N) is 2. The minimum Gasteiger partial charge on any atom is -0.648 e. The van der Waals surface area contributed by atoms with Crippen molar-refractivity contribution in [3.63, 3.8) is 0 Å². The van der Waals surface area contributed by atoms with E-state index < -0.39 is 0 Å². The Morgan fingerprint density at radius 3 is 2.36 bits per heavy atom. The van der Waals surface area contributed by atoms with Gasteiger partial charge in [-0.1, -0.05) is 29.8 Å². The molecule has 0 bridgehead atoms. The molecule has 1 heterocycles. The second-order valence-electron chi connectivity index (χ2n) is 6.14. The number of rotatable bonds is 10. The molecule has 146 valence electrons. The Balaban J connectivity index is 0.00000392. The summed E-state index contributed by atoms with van der Waals surface area (Å²) < 4.78 is 9.92. The van der Waals surface area contributed by atoms with Crippen molar-refractivity contribution in [1.29, 1.82) is 0 Å². The first-order valence-corrected chi connectivity index (χ1v) is 8.78. The van der Waals surface area contributed by atoms with E-state index in [4.69, 9.17) is 9.47 Å². The molecule has 1 aliphatic rings. The topological polar surface area (TPSA) is 104 Å². The van der Waals surface area contributed by atoms with E-state index in [0.717, 1.165) is 11.1 Å². The van der Waals surface area contributed by atoms with Crippen LogP contribution in [0, 0.1) is 0 Å². The minimum atomic E-state index is -0.363. The molecule has 9 heteroatoms. The molecule has 0 spiro atoms. The number of imide groups is 1. The zero-order valence-electron chi connectivity index (χ0n) is 16.3. The maximum atomic E-state index is 11.9. The van der Waals surface area contributed by atoms with E-state index in [9.17, 15) is 19.2 Å². The van der Waals surface area contributed by atoms with Crippen LogP contribution < -0.4 is 58.2 Å². The molecule has 1 fully saturated rings. The Bertz CT molecular complexity index is 692. The minimum absolute atomic E-state index is 0.